The molecule has 2 aliphatic heterocycles. The van der Waals surface area contributed by atoms with Gasteiger partial charge in [0.25, 0.3) is 0 Å². The first kappa shape index (κ1) is 15.4. The molecule has 1 aromatic carbocycles. The van der Waals surface area contributed by atoms with Crippen molar-refractivity contribution in [1.29, 1.82) is 0 Å². The molecule has 3 rings (SSSR count). The highest BCUT2D eigenvalue weighted by atomic mass is 16.5. The smallest absolute Gasteiger partial charge is 0.200 e. The van der Waals surface area contributed by atoms with Crippen LogP contribution in [0.15, 0.2) is 12.1 Å². The molecule has 22 heavy (non-hydrogen) atoms. The predicted octanol–water partition coefficient (Wildman–Crippen LogP) is 1.18. The number of phenolic OH excluding ortho intramolecular Hbond substituents is 3. The molecule has 6 nitrogen and oxygen atoms in total. The fourth-order valence-corrected chi connectivity index (χ4v) is 3.56. The molecule has 1 aromatic rings. The summed E-state index contributed by atoms with van der Waals surface area (Å²) in [5.41, 5.74) is 0.698. The Labute approximate surface area is 130 Å². The fraction of sp³-hybridized carbons (Fsp3) is 0.625. The molecule has 6 heteroatoms. The van der Waals surface area contributed by atoms with Gasteiger partial charge in [0.05, 0.1) is 0 Å². The molecule has 0 spiro atoms. The molecule has 0 radical (unpaired) electrons. The Bertz CT molecular complexity index is 493. The van der Waals surface area contributed by atoms with Crippen LogP contribution in [0.3, 0.4) is 0 Å². The Morgan fingerprint density at radius 3 is 2.41 bits per heavy atom. The maximum atomic E-state index is 10.3. The highest BCUT2D eigenvalue weighted by Gasteiger charge is 2.33. The van der Waals surface area contributed by atoms with Gasteiger partial charge in [-0.2, -0.15) is 0 Å². The maximum Gasteiger partial charge on any atom is 0.200 e. The third-order valence-corrected chi connectivity index (χ3v) is 4.74. The molecule has 2 fully saturated rings. The quantitative estimate of drug-likeness (QED) is 0.628. The molecular formula is C16H24N2O4. The minimum atomic E-state index is -0.426. The summed E-state index contributed by atoms with van der Waals surface area (Å²) in [4.78, 5) is 2.36. The number of benzene rings is 1. The van der Waals surface area contributed by atoms with E-state index in [1.165, 1.54) is 6.07 Å². The normalized spacial score (nSPS) is 22.5. The fourth-order valence-electron chi connectivity index (χ4n) is 3.56. The van der Waals surface area contributed by atoms with Gasteiger partial charge in [-0.05, 0) is 30.9 Å². The molecule has 122 valence electrons. The van der Waals surface area contributed by atoms with Crippen LogP contribution in [0.1, 0.15) is 24.4 Å². The van der Waals surface area contributed by atoms with Gasteiger partial charge in [0.2, 0.25) is 5.75 Å². The zero-order chi connectivity index (χ0) is 15.5. The number of ether oxygens (including phenoxy) is 1. The summed E-state index contributed by atoms with van der Waals surface area (Å²) in [6, 6.07) is 3.23. The number of piperazine rings is 1. The molecule has 0 saturated carbocycles. The molecule has 2 aliphatic rings. The highest BCUT2D eigenvalue weighted by molar-refractivity contribution is 5.54. The summed E-state index contributed by atoms with van der Waals surface area (Å²) >= 11 is 0. The maximum absolute atomic E-state index is 10.3. The van der Waals surface area contributed by atoms with E-state index in [9.17, 15) is 15.3 Å². The molecule has 0 aromatic heterocycles. The summed E-state index contributed by atoms with van der Waals surface area (Å²) in [6.07, 6.45) is 1.88. The van der Waals surface area contributed by atoms with Crippen LogP contribution in [-0.4, -0.2) is 59.6 Å². The van der Waals surface area contributed by atoms with Crippen molar-refractivity contribution in [3.05, 3.63) is 17.7 Å². The Balaban J connectivity index is 1.94. The van der Waals surface area contributed by atoms with E-state index in [4.69, 9.17) is 4.74 Å². The van der Waals surface area contributed by atoms with E-state index in [0.717, 1.165) is 52.2 Å². The lowest BCUT2D eigenvalue weighted by atomic mass is 9.85. The molecule has 1 atom stereocenters. The topological polar surface area (TPSA) is 85.2 Å². The summed E-state index contributed by atoms with van der Waals surface area (Å²) in [5.74, 6) is -0.534. The van der Waals surface area contributed by atoms with Crippen molar-refractivity contribution in [2.45, 2.75) is 18.9 Å². The average Bonchev–Trinajstić information content (AvgIpc) is 2.57. The largest absolute Gasteiger partial charge is 0.504 e. The molecule has 0 amide bonds. The second-order valence-corrected chi connectivity index (χ2v) is 6.05. The van der Waals surface area contributed by atoms with E-state index < -0.39 is 5.75 Å². The van der Waals surface area contributed by atoms with Gasteiger partial charge in [-0.1, -0.05) is 0 Å². The summed E-state index contributed by atoms with van der Waals surface area (Å²) in [7, 11) is 0. The van der Waals surface area contributed by atoms with Crippen LogP contribution in [0, 0.1) is 5.92 Å². The lowest BCUT2D eigenvalue weighted by Gasteiger charge is -2.41. The van der Waals surface area contributed by atoms with E-state index >= 15 is 0 Å². The van der Waals surface area contributed by atoms with E-state index in [1.54, 1.807) is 6.07 Å². The van der Waals surface area contributed by atoms with Crippen LogP contribution < -0.4 is 5.32 Å². The zero-order valence-electron chi connectivity index (χ0n) is 12.7. The SMILES string of the molecule is Oc1ccc([C@@H](C2CCOCC2)N2CCNCC2)c(O)c1O. The summed E-state index contributed by atoms with van der Waals surface area (Å²) < 4.78 is 5.46. The van der Waals surface area contributed by atoms with Gasteiger partial charge in [0.15, 0.2) is 11.5 Å². The molecular weight excluding hydrogens is 284 g/mol. The van der Waals surface area contributed by atoms with Crippen LogP contribution in [-0.2, 0) is 4.74 Å². The Hall–Kier alpha value is -1.50. The van der Waals surface area contributed by atoms with Crippen molar-refractivity contribution < 1.29 is 20.1 Å². The number of aromatic hydroxyl groups is 3. The molecule has 0 aliphatic carbocycles. The Morgan fingerprint density at radius 2 is 1.73 bits per heavy atom. The highest BCUT2D eigenvalue weighted by Crippen LogP contribution is 2.45. The summed E-state index contributed by atoms with van der Waals surface area (Å²) in [5, 5.41) is 33.1. The first-order valence-corrected chi connectivity index (χ1v) is 7.95. The van der Waals surface area contributed by atoms with Crippen molar-refractivity contribution in [1.82, 2.24) is 10.2 Å². The molecule has 2 saturated heterocycles. The monoisotopic (exact) mass is 308 g/mol. The predicted molar refractivity (Wildman–Crippen MR) is 82.2 cm³/mol. The number of nitrogens with zero attached hydrogens (tertiary/aromatic N) is 1. The minimum Gasteiger partial charge on any atom is -0.504 e. The first-order valence-electron chi connectivity index (χ1n) is 7.95. The number of nitrogens with one attached hydrogen (secondary N) is 1. The van der Waals surface area contributed by atoms with Crippen LogP contribution in [0.5, 0.6) is 17.2 Å². The second kappa shape index (κ2) is 6.73. The average molecular weight is 308 g/mol. The number of rotatable bonds is 3. The number of hydrogen-bond donors (Lipinski definition) is 4. The minimum absolute atomic E-state index is 0.0394. The number of phenols is 3. The van der Waals surface area contributed by atoms with Gasteiger partial charge in [-0.25, -0.2) is 0 Å². The van der Waals surface area contributed by atoms with Gasteiger partial charge >= 0.3 is 0 Å². The van der Waals surface area contributed by atoms with Crippen LogP contribution in [0.4, 0.5) is 0 Å². The molecule has 0 bridgehead atoms. The third-order valence-electron chi connectivity index (χ3n) is 4.74. The molecule has 4 N–H and O–H groups in total. The zero-order valence-corrected chi connectivity index (χ0v) is 12.7. The van der Waals surface area contributed by atoms with Crippen LogP contribution >= 0.6 is 0 Å². The van der Waals surface area contributed by atoms with Crippen molar-refractivity contribution in [2.24, 2.45) is 5.92 Å². The van der Waals surface area contributed by atoms with Crippen LogP contribution in [0.25, 0.3) is 0 Å². The van der Waals surface area contributed by atoms with Crippen molar-refractivity contribution in [3.8, 4) is 17.2 Å². The van der Waals surface area contributed by atoms with E-state index in [1.807, 2.05) is 0 Å². The lowest BCUT2D eigenvalue weighted by Crippen LogP contribution is -2.47. The van der Waals surface area contributed by atoms with E-state index in [2.05, 4.69) is 10.2 Å². The number of hydrogen-bond acceptors (Lipinski definition) is 6. The lowest BCUT2D eigenvalue weighted by molar-refractivity contribution is 0.0205. The van der Waals surface area contributed by atoms with E-state index in [-0.39, 0.29) is 17.5 Å². The first-order chi connectivity index (χ1) is 10.7. The Kier molecular flexibility index (Phi) is 4.71. The summed E-state index contributed by atoms with van der Waals surface area (Å²) in [6.45, 7) is 5.12. The van der Waals surface area contributed by atoms with Gasteiger partial charge in [0.1, 0.15) is 0 Å². The van der Waals surface area contributed by atoms with E-state index in [0.29, 0.717) is 11.5 Å². The molecule has 2 heterocycles. The van der Waals surface area contributed by atoms with Gasteiger partial charge < -0.3 is 25.4 Å². The van der Waals surface area contributed by atoms with Crippen molar-refractivity contribution >= 4 is 0 Å². The van der Waals surface area contributed by atoms with Crippen molar-refractivity contribution in [3.63, 3.8) is 0 Å². The standard InChI is InChI=1S/C16H24N2O4/c19-13-2-1-12(15(20)16(13)21)14(11-3-9-22-10-4-11)18-7-5-17-6-8-18/h1-2,11,14,17,19-21H,3-10H2/t14-/m1/s1. The van der Waals surface area contributed by atoms with Gasteiger partial charge in [0, 0.05) is 51.0 Å². The van der Waals surface area contributed by atoms with Crippen LogP contribution in [0.2, 0.25) is 0 Å². The second-order valence-electron chi connectivity index (χ2n) is 6.05. The Morgan fingerprint density at radius 1 is 1.05 bits per heavy atom. The molecule has 0 unspecified atom stereocenters. The third kappa shape index (κ3) is 2.99. The van der Waals surface area contributed by atoms with Gasteiger partial charge in [-0.15, -0.1) is 0 Å². The van der Waals surface area contributed by atoms with Gasteiger partial charge in [-0.3, -0.25) is 4.90 Å². The van der Waals surface area contributed by atoms with Crippen molar-refractivity contribution in [2.75, 3.05) is 39.4 Å².